The van der Waals surface area contributed by atoms with Crippen LogP contribution < -0.4 is 0 Å². The van der Waals surface area contributed by atoms with Crippen molar-refractivity contribution in [1.29, 1.82) is 0 Å². The standard InChI is InChI=1S/C12H8O.Sn/c1-3-7-11-9(5-1)10-6-2-4-8-12(10)13-11;/h1-8H;. The molecule has 0 N–H and O–H groups in total. The number of benzene rings is 2. The third-order valence-electron chi connectivity index (χ3n) is 2.28. The molecule has 0 saturated carbocycles. The van der Waals surface area contributed by atoms with Crippen molar-refractivity contribution in [2.75, 3.05) is 0 Å². The van der Waals surface area contributed by atoms with Crippen LogP contribution in [0.5, 0.6) is 0 Å². The molecule has 0 aliphatic rings. The van der Waals surface area contributed by atoms with Crippen LogP contribution in [0.15, 0.2) is 52.9 Å². The molecule has 2 heteroatoms. The largest absolute Gasteiger partial charge is 0.456 e. The molecule has 0 spiro atoms. The molecule has 0 aliphatic heterocycles. The van der Waals surface area contributed by atoms with Crippen LogP contribution in [0.3, 0.4) is 0 Å². The number of hydrogen-bond donors (Lipinski definition) is 0. The third-order valence-corrected chi connectivity index (χ3v) is 2.28. The molecule has 1 nitrogen and oxygen atoms in total. The second-order valence-corrected chi connectivity index (χ2v) is 3.09. The molecule has 0 saturated heterocycles. The van der Waals surface area contributed by atoms with E-state index in [1.807, 2.05) is 36.4 Å². The molecule has 3 rings (SSSR count). The van der Waals surface area contributed by atoms with Gasteiger partial charge in [-0.25, -0.2) is 0 Å². The Hall–Kier alpha value is -0.961. The molecule has 1 heterocycles. The molecule has 0 unspecified atom stereocenters. The fourth-order valence-electron chi connectivity index (χ4n) is 1.67. The number of rotatable bonds is 0. The number of hydrogen-bond acceptors (Lipinski definition) is 1. The first kappa shape index (κ1) is 9.59. The fourth-order valence-corrected chi connectivity index (χ4v) is 1.67. The second kappa shape index (κ2) is 3.65. The van der Waals surface area contributed by atoms with Crippen LogP contribution in [0.4, 0.5) is 0 Å². The van der Waals surface area contributed by atoms with Crippen molar-refractivity contribution in [2.24, 2.45) is 0 Å². The molecule has 0 aliphatic carbocycles. The SMILES string of the molecule is [Sn].c1ccc2c(c1)oc1ccccc12. The molecule has 4 radical (unpaired) electrons. The first-order valence-electron chi connectivity index (χ1n) is 4.31. The van der Waals surface area contributed by atoms with Crippen molar-refractivity contribution >= 4 is 45.8 Å². The molecule has 2 aromatic carbocycles. The van der Waals surface area contributed by atoms with Crippen LogP contribution in [0.25, 0.3) is 21.9 Å². The van der Waals surface area contributed by atoms with Crippen LogP contribution in [0.1, 0.15) is 0 Å². The molecule has 66 valence electrons. The van der Waals surface area contributed by atoms with E-state index >= 15 is 0 Å². The normalized spacial score (nSPS) is 10.3. The van der Waals surface area contributed by atoms with Gasteiger partial charge in [0.1, 0.15) is 11.2 Å². The summed E-state index contributed by atoms with van der Waals surface area (Å²) in [6.45, 7) is 0. The monoisotopic (exact) mass is 288 g/mol. The van der Waals surface area contributed by atoms with Crippen LogP contribution in [0, 0.1) is 0 Å². The van der Waals surface area contributed by atoms with Crippen molar-refractivity contribution < 1.29 is 4.42 Å². The Morgan fingerprint density at radius 3 is 1.57 bits per heavy atom. The first-order valence-corrected chi connectivity index (χ1v) is 4.31. The zero-order valence-electron chi connectivity index (χ0n) is 7.53. The van der Waals surface area contributed by atoms with E-state index in [0.717, 1.165) is 11.2 Å². The van der Waals surface area contributed by atoms with Crippen molar-refractivity contribution in [2.45, 2.75) is 0 Å². The van der Waals surface area contributed by atoms with E-state index in [9.17, 15) is 0 Å². The summed E-state index contributed by atoms with van der Waals surface area (Å²) in [6, 6.07) is 16.2. The van der Waals surface area contributed by atoms with Gasteiger partial charge in [-0.3, -0.25) is 0 Å². The van der Waals surface area contributed by atoms with Gasteiger partial charge in [0, 0.05) is 34.7 Å². The topological polar surface area (TPSA) is 13.1 Å². The van der Waals surface area contributed by atoms with Crippen LogP contribution in [-0.4, -0.2) is 23.9 Å². The fraction of sp³-hybridized carbons (Fsp3) is 0. The van der Waals surface area contributed by atoms with Gasteiger partial charge in [0.05, 0.1) is 0 Å². The van der Waals surface area contributed by atoms with Gasteiger partial charge in [-0.1, -0.05) is 36.4 Å². The van der Waals surface area contributed by atoms with Crippen molar-refractivity contribution in [1.82, 2.24) is 0 Å². The average Bonchev–Trinajstić information content (AvgIpc) is 2.56. The summed E-state index contributed by atoms with van der Waals surface area (Å²) in [4.78, 5) is 0. The number of para-hydroxylation sites is 2. The molecule has 14 heavy (non-hydrogen) atoms. The Bertz CT molecular complexity index is 518. The summed E-state index contributed by atoms with van der Waals surface area (Å²) in [5, 5.41) is 2.39. The number of furan rings is 1. The van der Waals surface area contributed by atoms with E-state index in [4.69, 9.17) is 4.42 Å². The molecule has 3 aromatic rings. The molecule has 0 fully saturated rings. The van der Waals surface area contributed by atoms with E-state index in [-0.39, 0.29) is 23.9 Å². The van der Waals surface area contributed by atoms with Crippen molar-refractivity contribution in [3.05, 3.63) is 48.5 Å². The number of fused-ring (bicyclic) bond motifs is 3. The molecule has 0 atom stereocenters. The summed E-state index contributed by atoms with van der Waals surface area (Å²) >= 11 is 0. The summed E-state index contributed by atoms with van der Waals surface area (Å²) in [5.41, 5.74) is 1.92. The Kier molecular flexibility index (Phi) is 2.50. The Balaban J connectivity index is 0.000000750. The predicted octanol–water partition coefficient (Wildman–Crippen LogP) is 3.21. The van der Waals surface area contributed by atoms with E-state index in [0.29, 0.717) is 0 Å². The van der Waals surface area contributed by atoms with Gasteiger partial charge in [0.15, 0.2) is 0 Å². The van der Waals surface area contributed by atoms with Gasteiger partial charge >= 0.3 is 0 Å². The minimum Gasteiger partial charge on any atom is -0.456 e. The minimum atomic E-state index is 0. The minimum absolute atomic E-state index is 0. The van der Waals surface area contributed by atoms with Gasteiger partial charge in [-0.2, -0.15) is 0 Å². The molecule has 0 bridgehead atoms. The maximum Gasteiger partial charge on any atom is 0.135 e. The Labute approximate surface area is 98.7 Å². The molecule has 0 amide bonds. The summed E-state index contributed by atoms with van der Waals surface area (Å²) in [6.07, 6.45) is 0. The summed E-state index contributed by atoms with van der Waals surface area (Å²) < 4.78 is 5.65. The van der Waals surface area contributed by atoms with E-state index in [2.05, 4.69) is 12.1 Å². The first-order chi connectivity index (χ1) is 6.45. The maximum absolute atomic E-state index is 5.65. The van der Waals surface area contributed by atoms with E-state index in [1.54, 1.807) is 0 Å². The Morgan fingerprint density at radius 2 is 1.07 bits per heavy atom. The van der Waals surface area contributed by atoms with Gasteiger partial charge < -0.3 is 4.42 Å². The average molecular weight is 287 g/mol. The van der Waals surface area contributed by atoms with Crippen LogP contribution in [0.2, 0.25) is 0 Å². The van der Waals surface area contributed by atoms with Crippen LogP contribution in [-0.2, 0) is 0 Å². The summed E-state index contributed by atoms with van der Waals surface area (Å²) in [5.74, 6) is 0. The second-order valence-electron chi connectivity index (χ2n) is 3.09. The van der Waals surface area contributed by atoms with Crippen LogP contribution >= 0.6 is 0 Å². The van der Waals surface area contributed by atoms with Crippen molar-refractivity contribution in [3.8, 4) is 0 Å². The Morgan fingerprint density at radius 1 is 0.643 bits per heavy atom. The van der Waals surface area contributed by atoms with E-state index in [1.165, 1.54) is 10.8 Å². The predicted molar refractivity (Wildman–Crippen MR) is 59.5 cm³/mol. The third kappa shape index (κ3) is 1.32. The quantitative estimate of drug-likeness (QED) is 0.579. The summed E-state index contributed by atoms with van der Waals surface area (Å²) in [7, 11) is 0. The maximum atomic E-state index is 5.65. The van der Waals surface area contributed by atoms with Gasteiger partial charge in [0.2, 0.25) is 0 Å². The van der Waals surface area contributed by atoms with Gasteiger partial charge in [-0.05, 0) is 12.1 Å². The molecular weight excluding hydrogens is 279 g/mol. The zero-order chi connectivity index (χ0) is 8.67. The smallest absolute Gasteiger partial charge is 0.135 e. The van der Waals surface area contributed by atoms with Gasteiger partial charge in [-0.15, -0.1) is 0 Å². The van der Waals surface area contributed by atoms with Crippen molar-refractivity contribution in [3.63, 3.8) is 0 Å². The van der Waals surface area contributed by atoms with E-state index < -0.39 is 0 Å². The zero-order valence-corrected chi connectivity index (χ0v) is 10.4. The molecular formula is C12H8OSn. The molecule has 1 aromatic heterocycles. The van der Waals surface area contributed by atoms with Gasteiger partial charge in [0.25, 0.3) is 0 Å².